The predicted molar refractivity (Wildman–Crippen MR) is 38.3 cm³/mol. The average Bonchev–Trinajstić information content (AvgIpc) is 2.34. The van der Waals surface area contributed by atoms with Crippen LogP contribution in [0, 0.1) is 0 Å². The van der Waals surface area contributed by atoms with Gasteiger partial charge in [-0.25, -0.2) is 5.11 Å². The fourth-order valence-corrected chi connectivity index (χ4v) is 1.27. The Bertz CT molecular complexity index is 116. The maximum Gasteiger partial charge on any atom is 0.156 e. The summed E-state index contributed by atoms with van der Waals surface area (Å²) in [5, 5.41) is 14.0. The van der Waals surface area contributed by atoms with E-state index in [4.69, 9.17) is 0 Å². The zero-order chi connectivity index (χ0) is 6.53. The van der Waals surface area contributed by atoms with E-state index >= 15 is 0 Å². The number of thioether (sulfide) groups is 1. The molecule has 0 saturated carbocycles. The van der Waals surface area contributed by atoms with Crippen molar-refractivity contribution in [1.29, 1.82) is 0 Å². The summed E-state index contributed by atoms with van der Waals surface area (Å²) in [6, 6.07) is 0. The first-order chi connectivity index (χ1) is 4.43. The number of amidine groups is 1. The lowest BCUT2D eigenvalue weighted by Gasteiger charge is -1.96. The minimum Gasteiger partial charge on any atom is -0.363 e. The van der Waals surface area contributed by atoms with Crippen LogP contribution in [0.15, 0.2) is 4.99 Å². The number of aliphatic imine (C=N–C) groups is 1. The van der Waals surface area contributed by atoms with Gasteiger partial charge in [-0.1, -0.05) is 11.8 Å². The maximum atomic E-state index is 9.98. The van der Waals surface area contributed by atoms with Gasteiger partial charge in [0, 0.05) is 12.3 Å². The van der Waals surface area contributed by atoms with E-state index in [1.807, 2.05) is 0 Å². The minimum absolute atomic E-state index is 0.0225. The van der Waals surface area contributed by atoms with Crippen molar-refractivity contribution in [1.82, 2.24) is 5.32 Å². The molecule has 1 aliphatic heterocycles. The normalized spacial score (nSPS) is 17.2. The quantitative estimate of drug-likeness (QED) is 0.599. The van der Waals surface area contributed by atoms with Crippen LogP contribution in [0.5, 0.6) is 0 Å². The standard InChI is InChI=1S/C5H9N2OS/c8-3-4-9-5-6-1-2-7-5/h1-4H2,(H,6,7). The van der Waals surface area contributed by atoms with Gasteiger partial charge >= 0.3 is 0 Å². The molecule has 1 rings (SSSR count). The molecule has 1 heterocycles. The van der Waals surface area contributed by atoms with E-state index in [1.165, 1.54) is 11.8 Å². The van der Waals surface area contributed by atoms with E-state index in [-0.39, 0.29) is 6.61 Å². The van der Waals surface area contributed by atoms with E-state index in [2.05, 4.69) is 10.3 Å². The SMILES string of the molecule is [O]CCSC1=NCCN1. The van der Waals surface area contributed by atoms with Gasteiger partial charge in [-0.05, 0) is 0 Å². The molecule has 0 unspecified atom stereocenters. The Morgan fingerprint density at radius 1 is 1.78 bits per heavy atom. The molecule has 0 spiro atoms. The summed E-state index contributed by atoms with van der Waals surface area (Å²) in [4.78, 5) is 4.10. The highest BCUT2D eigenvalue weighted by molar-refractivity contribution is 8.13. The van der Waals surface area contributed by atoms with Gasteiger partial charge in [-0.15, -0.1) is 0 Å². The lowest BCUT2D eigenvalue weighted by molar-refractivity contribution is 0.215. The third-order valence-electron chi connectivity index (χ3n) is 0.966. The molecule has 0 saturated heterocycles. The Hall–Kier alpha value is -0.220. The number of rotatable bonds is 2. The monoisotopic (exact) mass is 145 g/mol. The van der Waals surface area contributed by atoms with Gasteiger partial charge in [0.2, 0.25) is 0 Å². The molecule has 0 fully saturated rings. The Kier molecular flexibility index (Phi) is 2.86. The molecule has 0 aliphatic carbocycles. The van der Waals surface area contributed by atoms with Crippen LogP contribution >= 0.6 is 11.8 Å². The van der Waals surface area contributed by atoms with E-state index in [1.54, 1.807) is 0 Å². The van der Waals surface area contributed by atoms with Crippen molar-refractivity contribution in [2.45, 2.75) is 0 Å². The van der Waals surface area contributed by atoms with Crippen molar-refractivity contribution in [2.24, 2.45) is 4.99 Å². The lowest BCUT2D eigenvalue weighted by Crippen LogP contribution is -2.15. The molecule has 0 atom stereocenters. The number of hydrogen-bond donors (Lipinski definition) is 1. The van der Waals surface area contributed by atoms with E-state index in [0.717, 1.165) is 18.3 Å². The lowest BCUT2D eigenvalue weighted by atomic mass is 10.7. The van der Waals surface area contributed by atoms with E-state index < -0.39 is 0 Å². The molecule has 1 radical (unpaired) electrons. The fraction of sp³-hybridized carbons (Fsp3) is 0.800. The molecule has 4 heteroatoms. The van der Waals surface area contributed by atoms with E-state index in [0.29, 0.717) is 5.75 Å². The number of hydrogen-bond acceptors (Lipinski definition) is 3. The van der Waals surface area contributed by atoms with Gasteiger partial charge in [-0.3, -0.25) is 4.99 Å². The molecular formula is C5H9N2OS. The van der Waals surface area contributed by atoms with Crippen molar-refractivity contribution in [3.63, 3.8) is 0 Å². The predicted octanol–water partition coefficient (Wildman–Crippen LogP) is 0.109. The van der Waals surface area contributed by atoms with Gasteiger partial charge in [0.1, 0.15) is 0 Å². The molecule has 1 aliphatic rings. The molecule has 0 aromatic rings. The van der Waals surface area contributed by atoms with Gasteiger partial charge < -0.3 is 5.32 Å². The summed E-state index contributed by atoms with van der Waals surface area (Å²) in [6.45, 7) is 1.77. The molecule has 9 heavy (non-hydrogen) atoms. The van der Waals surface area contributed by atoms with Crippen LogP contribution in [-0.2, 0) is 5.11 Å². The molecule has 3 nitrogen and oxygen atoms in total. The number of nitrogens with zero attached hydrogens (tertiary/aromatic N) is 1. The van der Waals surface area contributed by atoms with Crippen molar-refractivity contribution >= 4 is 16.9 Å². The Morgan fingerprint density at radius 2 is 2.67 bits per heavy atom. The van der Waals surface area contributed by atoms with Crippen LogP contribution in [-0.4, -0.2) is 30.6 Å². The van der Waals surface area contributed by atoms with Crippen molar-refractivity contribution in [3.05, 3.63) is 0 Å². The van der Waals surface area contributed by atoms with Crippen LogP contribution in [0.25, 0.3) is 0 Å². The van der Waals surface area contributed by atoms with Crippen LogP contribution in [0.3, 0.4) is 0 Å². The van der Waals surface area contributed by atoms with Gasteiger partial charge in [0.15, 0.2) is 5.17 Å². The highest BCUT2D eigenvalue weighted by atomic mass is 32.2. The van der Waals surface area contributed by atoms with Crippen LogP contribution in [0.2, 0.25) is 0 Å². The molecule has 0 amide bonds. The van der Waals surface area contributed by atoms with Crippen molar-refractivity contribution in [2.75, 3.05) is 25.4 Å². The topological polar surface area (TPSA) is 44.3 Å². The first-order valence-electron chi connectivity index (χ1n) is 2.92. The minimum atomic E-state index is -0.0225. The fourth-order valence-electron chi connectivity index (χ4n) is 0.611. The first-order valence-corrected chi connectivity index (χ1v) is 3.91. The van der Waals surface area contributed by atoms with Gasteiger partial charge in [0.05, 0.1) is 13.2 Å². The summed E-state index contributed by atoms with van der Waals surface area (Å²) in [5.41, 5.74) is 0. The zero-order valence-electron chi connectivity index (χ0n) is 5.09. The van der Waals surface area contributed by atoms with E-state index in [9.17, 15) is 5.11 Å². The summed E-state index contributed by atoms with van der Waals surface area (Å²) < 4.78 is 0. The molecular weight excluding hydrogens is 136 g/mol. The van der Waals surface area contributed by atoms with Crippen molar-refractivity contribution < 1.29 is 5.11 Å². The maximum absolute atomic E-state index is 9.98. The summed E-state index contributed by atoms with van der Waals surface area (Å²) in [6.07, 6.45) is 0. The molecule has 0 aromatic heterocycles. The van der Waals surface area contributed by atoms with Crippen LogP contribution < -0.4 is 5.32 Å². The van der Waals surface area contributed by atoms with Crippen LogP contribution in [0.4, 0.5) is 0 Å². The Labute approximate surface area is 58.6 Å². The van der Waals surface area contributed by atoms with Gasteiger partial charge in [-0.2, -0.15) is 0 Å². The Balaban J connectivity index is 2.11. The van der Waals surface area contributed by atoms with Gasteiger partial charge in [0.25, 0.3) is 0 Å². The highest BCUT2D eigenvalue weighted by Crippen LogP contribution is 2.03. The Morgan fingerprint density at radius 3 is 3.22 bits per heavy atom. The second-order valence-electron chi connectivity index (χ2n) is 1.67. The zero-order valence-corrected chi connectivity index (χ0v) is 5.91. The summed E-state index contributed by atoms with van der Waals surface area (Å²) >= 11 is 1.51. The number of nitrogens with one attached hydrogen (secondary N) is 1. The summed E-state index contributed by atoms with van der Waals surface area (Å²) in [5.74, 6) is 0.631. The third-order valence-corrected chi connectivity index (χ3v) is 1.88. The summed E-state index contributed by atoms with van der Waals surface area (Å²) in [7, 11) is 0. The largest absolute Gasteiger partial charge is 0.363 e. The molecule has 1 N–H and O–H groups in total. The second-order valence-corrected chi connectivity index (χ2v) is 2.75. The third kappa shape index (κ3) is 2.24. The molecule has 51 valence electrons. The average molecular weight is 145 g/mol. The van der Waals surface area contributed by atoms with Crippen LogP contribution in [0.1, 0.15) is 0 Å². The highest BCUT2D eigenvalue weighted by Gasteiger charge is 2.03. The second kappa shape index (κ2) is 3.74. The van der Waals surface area contributed by atoms with Crippen molar-refractivity contribution in [3.8, 4) is 0 Å². The first kappa shape index (κ1) is 6.89. The molecule has 0 aromatic carbocycles. The smallest absolute Gasteiger partial charge is 0.156 e. The molecule has 0 bridgehead atoms.